The fraction of sp³-hybridized carbons (Fsp3) is 0.455. The summed E-state index contributed by atoms with van der Waals surface area (Å²) in [6.45, 7) is 1.12. The molecule has 1 amide bonds. The van der Waals surface area contributed by atoms with Gasteiger partial charge in [0.05, 0.1) is 25.4 Å². The SMILES string of the molecule is CN(CCOCCO)C(=O)c1ccc(N)nc1. The number of carbonyl (C=O) groups excluding carboxylic acids is 1. The molecule has 0 aliphatic rings. The maximum Gasteiger partial charge on any atom is 0.255 e. The highest BCUT2D eigenvalue weighted by atomic mass is 16.5. The molecule has 1 aromatic rings. The minimum Gasteiger partial charge on any atom is -0.394 e. The third kappa shape index (κ3) is 4.38. The van der Waals surface area contributed by atoms with Crippen LogP contribution in [0.3, 0.4) is 0 Å². The molecule has 17 heavy (non-hydrogen) atoms. The van der Waals surface area contributed by atoms with Gasteiger partial charge in [0.15, 0.2) is 0 Å². The first-order valence-electron chi connectivity index (χ1n) is 5.30. The zero-order valence-electron chi connectivity index (χ0n) is 9.80. The van der Waals surface area contributed by atoms with Crippen molar-refractivity contribution in [3.63, 3.8) is 0 Å². The first-order chi connectivity index (χ1) is 8.15. The van der Waals surface area contributed by atoms with E-state index in [4.69, 9.17) is 15.6 Å². The molecule has 0 aliphatic carbocycles. The molecule has 0 radical (unpaired) electrons. The van der Waals surface area contributed by atoms with Gasteiger partial charge in [0.1, 0.15) is 5.82 Å². The summed E-state index contributed by atoms with van der Waals surface area (Å²) in [5, 5.41) is 8.52. The zero-order valence-corrected chi connectivity index (χ0v) is 9.80. The number of aliphatic hydroxyl groups excluding tert-OH is 1. The Bertz CT molecular complexity index is 353. The number of ether oxygens (including phenoxy) is 1. The van der Waals surface area contributed by atoms with E-state index >= 15 is 0 Å². The van der Waals surface area contributed by atoms with E-state index in [1.54, 1.807) is 19.2 Å². The van der Waals surface area contributed by atoms with Crippen molar-refractivity contribution in [3.8, 4) is 0 Å². The van der Waals surface area contributed by atoms with Gasteiger partial charge in [-0.25, -0.2) is 4.98 Å². The van der Waals surface area contributed by atoms with Gasteiger partial charge in [-0.15, -0.1) is 0 Å². The average molecular weight is 239 g/mol. The number of anilines is 1. The van der Waals surface area contributed by atoms with Crippen LogP contribution in [-0.2, 0) is 4.74 Å². The molecule has 1 rings (SSSR count). The molecule has 1 heterocycles. The van der Waals surface area contributed by atoms with Crippen molar-refractivity contribution in [2.75, 3.05) is 39.1 Å². The molecule has 94 valence electrons. The highest BCUT2D eigenvalue weighted by Gasteiger charge is 2.11. The van der Waals surface area contributed by atoms with Gasteiger partial charge in [0, 0.05) is 19.8 Å². The fourth-order valence-corrected chi connectivity index (χ4v) is 1.22. The third-order valence-corrected chi connectivity index (χ3v) is 2.19. The molecule has 3 N–H and O–H groups in total. The molecule has 0 spiro atoms. The van der Waals surface area contributed by atoms with Gasteiger partial charge >= 0.3 is 0 Å². The lowest BCUT2D eigenvalue weighted by molar-refractivity contribution is 0.0618. The van der Waals surface area contributed by atoms with Gasteiger partial charge in [0.2, 0.25) is 0 Å². The van der Waals surface area contributed by atoms with E-state index in [1.165, 1.54) is 11.1 Å². The number of aliphatic hydroxyl groups is 1. The number of aromatic nitrogens is 1. The van der Waals surface area contributed by atoms with E-state index < -0.39 is 0 Å². The minimum atomic E-state index is -0.134. The fourth-order valence-electron chi connectivity index (χ4n) is 1.22. The Morgan fingerprint density at radius 3 is 2.88 bits per heavy atom. The van der Waals surface area contributed by atoms with E-state index in [1.807, 2.05) is 0 Å². The van der Waals surface area contributed by atoms with Crippen LogP contribution in [0.1, 0.15) is 10.4 Å². The van der Waals surface area contributed by atoms with Crippen LogP contribution >= 0.6 is 0 Å². The summed E-state index contributed by atoms with van der Waals surface area (Å²) in [7, 11) is 1.68. The second-order valence-corrected chi connectivity index (χ2v) is 3.53. The summed E-state index contributed by atoms with van der Waals surface area (Å²) >= 11 is 0. The minimum absolute atomic E-state index is 0.0143. The van der Waals surface area contributed by atoms with Crippen molar-refractivity contribution in [1.82, 2.24) is 9.88 Å². The number of rotatable bonds is 6. The van der Waals surface area contributed by atoms with Crippen LogP contribution in [-0.4, -0.2) is 54.3 Å². The van der Waals surface area contributed by atoms with Crippen molar-refractivity contribution in [2.45, 2.75) is 0 Å². The highest BCUT2D eigenvalue weighted by Crippen LogP contribution is 2.04. The predicted octanol–water partition coefficient (Wildman–Crippen LogP) is -0.255. The van der Waals surface area contributed by atoms with Gasteiger partial charge in [-0.05, 0) is 12.1 Å². The largest absolute Gasteiger partial charge is 0.394 e. The number of likely N-dealkylation sites (N-methyl/N-ethyl adjacent to an activating group) is 1. The first kappa shape index (κ1) is 13.4. The smallest absolute Gasteiger partial charge is 0.255 e. The molecule has 0 fully saturated rings. The zero-order chi connectivity index (χ0) is 12.7. The molecule has 0 atom stereocenters. The molecule has 0 unspecified atom stereocenters. The van der Waals surface area contributed by atoms with Gasteiger partial charge in [-0.2, -0.15) is 0 Å². The molecule has 6 heteroatoms. The molecule has 0 aliphatic heterocycles. The van der Waals surface area contributed by atoms with Crippen LogP contribution in [0.4, 0.5) is 5.82 Å². The van der Waals surface area contributed by atoms with Crippen LogP contribution in [0.25, 0.3) is 0 Å². The summed E-state index contributed by atoms with van der Waals surface area (Å²) < 4.78 is 5.08. The Morgan fingerprint density at radius 2 is 2.29 bits per heavy atom. The number of carbonyl (C=O) groups is 1. The summed E-state index contributed by atoms with van der Waals surface area (Å²) in [5.74, 6) is 0.251. The summed E-state index contributed by atoms with van der Waals surface area (Å²) in [4.78, 5) is 17.3. The summed E-state index contributed by atoms with van der Waals surface area (Å²) in [6.07, 6.45) is 1.45. The van der Waals surface area contributed by atoms with Crippen molar-refractivity contribution < 1.29 is 14.6 Å². The second kappa shape index (κ2) is 6.82. The van der Waals surface area contributed by atoms with Gasteiger partial charge in [0.25, 0.3) is 5.91 Å². The Morgan fingerprint density at radius 1 is 1.53 bits per heavy atom. The number of amides is 1. The number of nitrogens with two attached hydrogens (primary N) is 1. The number of hydrogen-bond donors (Lipinski definition) is 2. The maximum absolute atomic E-state index is 11.9. The Labute approximate surface area is 100 Å². The molecular weight excluding hydrogens is 222 g/mol. The van der Waals surface area contributed by atoms with E-state index in [0.717, 1.165) is 0 Å². The molecular formula is C11H17N3O3. The Balaban J connectivity index is 2.43. The Kier molecular flexibility index (Phi) is 5.38. The van der Waals surface area contributed by atoms with E-state index in [0.29, 0.717) is 24.5 Å². The molecule has 0 saturated heterocycles. The summed E-state index contributed by atoms with van der Waals surface area (Å²) in [5.41, 5.74) is 5.93. The van der Waals surface area contributed by atoms with E-state index in [9.17, 15) is 4.79 Å². The van der Waals surface area contributed by atoms with Gasteiger partial charge in [-0.3, -0.25) is 4.79 Å². The number of nitrogen functional groups attached to an aromatic ring is 1. The first-order valence-corrected chi connectivity index (χ1v) is 5.30. The van der Waals surface area contributed by atoms with Crippen LogP contribution in [0.5, 0.6) is 0 Å². The average Bonchev–Trinajstić information content (AvgIpc) is 2.34. The molecule has 0 saturated carbocycles. The maximum atomic E-state index is 11.9. The van der Waals surface area contributed by atoms with Crippen molar-refractivity contribution in [2.24, 2.45) is 0 Å². The second-order valence-electron chi connectivity index (χ2n) is 3.53. The standard InChI is InChI=1S/C11H17N3O3/c1-14(4-6-17-7-5-15)11(16)9-2-3-10(12)13-8-9/h2-3,8,15H,4-7H2,1H3,(H2,12,13). The van der Waals surface area contributed by atoms with Crippen molar-refractivity contribution >= 4 is 11.7 Å². The number of hydrogen-bond acceptors (Lipinski definition) is 5. The summed E-state index contributed by atoms with van der Waals surface area (Å²) in [6, 6.07) is 3.22. The Hall–Kier alpha value is -1.66. The lowest BCUT2D eigenvalue weighted by Crippen LogP contribution is -2.30. The quantitative estimate of drug-likeness (QED) is 0.668. The molecule has 1 aromatic heterocycles. The third-order valence-electron chi connectivity index (χ3n) is 2.19. The van der Waals surface area contributed by atoms with Crippen molar-refractivity contribution in [3.05, 3.63) is 23.9 Å². The monoisotopic (exact) mass is 239 g/mol. The van der Waals surface area contributed by atoms with Crippen LogP contribution in [0, 0.1) is 0 Å². The highest BCUT2D eigenvalue weighted by molar-refractivity contribution is 5.93. The lowest BCUT2D eigenvalue weighted by Gasteiger charge is -2.16. The van der Waals surface area contributed by atoms with Crippen molar-refractivity contribution in [1.29, 1.82) is 0 Å². The number of nitrogens with zero attached hydrogens (tertiary/aromatic N) is 2. The van der Waals surface area contributed by atoms with E-state index in [2.05, 4.69) is 4.98 Å². The topological polar surface area (TPSA) is 88.7 Å². The normalized spacial score (nSPS) is 10.2. The van der Waals surface area contributed by atoms with Crippen LogP contribution in [0.15, 0.2) is 18.3 Å². The molecule has 0 bridgehead atoms. The van der Waals surface area contributed by atoms with Gasteiger partial charge < -0.3 is 20.5 Å². The molecule has 0 aromatic carbocycles. The lowest BCUT2D eigenvalue weighted by atomic mass is 10.2. The van der Waals surface area contributed by atoms with Crippen LogP contribution in [0.2, 0.25) is 0 Å². The molecule has 6 nitrogen and oxygen atoms in total. The van der Waals surface area contributed by atoms with Crippen LogP contribution < -0.4 is 5.73 Å². The van der Waals surface area contributed by atoms with Gasteiger partial charge in [-0.1, -0.05) is 0 Å². The van der Waals surface area contributed by atoms with E-state index in [-0.39, 0.29) is 19.1 Å². The number of pyridine rings is 1. The predicted molar refractivity (Wildman–Crippen MR) is 63.5 cm³/mol.